The van der Waals surface area contributed by atoms with Gasteiger partial charge in [-0.2, -0.15) is 13.2 Å². The summed E-state index contributed by atoms with van der Waals surface area (Å²) in [6.07, 6.45) is -4.59. The van der Waals surface area contributed by atoms with E-state index >= 15 is 0 Å². The first-order valence-corrected chi connectivity index (χ1v) is 5.47. The lowest BCUT2D eigenvalue weighted by Gasteiger charge is -2.15. The molecule has 7 heteroatoms. The van der Waals surface area contributed by atoms with Gasteiger partial charge in [-0.3, -0.25) is 4.79 Å². The number of nitrogens with one attached hydrogen (secondary N) is 1. The van der Waals surface area contributed by atoms with Crippen LogP contribution in [-0.2, 0) is 11.0 Å². The van der Waals surface area contributed by atoms with Gasteiger partial charge in [0.1, 0.15) is 6.04 Å². The zero-order chi connectivity index (χ0) is 14.6. The molecule has 0 heterocycles. The Labute approximate surface area is 107 Å². The van der Waals surface area contributed by atoms with Crippen LogP contribution in [0.5, 0.6) is 0 Å². The summed E-state index contributed by atoms with van der Waals surface area (Å²) in [6.45, 7) is 1.51. The van der Waals surface area contributed by atoms with Crippen LogP contribution in [0.1, 0.15) is 29.3 Å². The molecule has 1 unspecified atom stereocenters. The second-order valence-electron chi connectivity index (χ2n) is 3.82. The van der Waals surface area contributed by atoms with Gasteiger partial charge >= 0.3 is 12.1 Å². The summed E-state index contributed by atoms with van der Waals surface area (Å²) < 4.78 is 38.1. The second-order valence-corrected chi connectivity index (χ2v) is 3.82. The number of hydrogen-bond donors (Lipinski definition) is 2. The standard InChI is InChI=1S/C12H12F3NO3/c1-2-9(11(18)19)16-10(17)7-5-3-4-6-8(7)12(13,14)15/h3-6,9H,2H2,1H3,(H,16,17)(H,18,19). The molecule has 104 valence electrons. The van der Waals surface area contributed by atoms with Crippen molar-refractivity contribution in [1.29, 1.82) is 0 Å². The molecule has 0 fully saturated rings. The summed E-state index contributed by atoms with van der Waals surface area (Å²) in [4.78, 5) is 22.5. The molecule has 2 N–H and O–H groups in total. The molecule has 1 amide bonds. The van der Waals surface area contributed by atoms with Gasteiger partial charge in [0.2, 0.25) is 0 Å². The van der Waals surface area contributed by atoms with Gasteiger partial charge in [0.05, 0.1) is 11.1 Å². The van der Waals surface area contributed by atoms with Crippen LogP contribution in [0, 0.1) is 0 Å². The Morgan fingerprint density at radius 2 is 1.89 bits per heavy atom. The monoisotopic (exact) mass is 275 g/mol. The van der Waals surface area contributed by atoms with Crippen LogP contribution in [0.2, 0.25) is 0 Å². The summed E-state index contributed by atoms with van der Waals surface area (Å²) in [6, 6.07) is 3.01. The maximum absolute atomic E-state index is 12.7. The molecule has 0 saturated carbocycles. The van der Waals surface area contributed by atoms with Crippen molar-refractivity contribution in [2.75, 3.05) is 0 Å². The van der Waals surface area contributed by atoms with Gasteiger partial charge in [-0.25, -0.2) is 4.79 Å². The van der Waals surface area contributed by atoms with Crippen molar-refractivity contribution in [3.05, 3.63) is 35.4 Å². The maximum Gasteiger partial charge on any atom is 0.417 e. The number of rotatable bonds is 4. The Balaban J connectivity index is 3.04. The Morgan fingerprint density at radius 3 is 2.37 bits per heavy atom. The fraction of sp³-hybridized carbons (Fsp3) is 0.333. The van der Waals surface area contributed by atoms with E-state index in [0.29, 0.717) is 0 Å². The molecule has 0 aliphatic rings. The summed E-state index contributed by atoms with van der Waals surface area (Å²) in [7, 11) is 0. The molecular weight excluding hydrogens is 263 g/mol. The molecule has 0 spiro atoms. The third kappa shape index (κ3) is 3.70. The van der Waals surface area contributed by atoms with Crippen molar-refractivity contribution >= 4 is 11.9 Å². The fourth-order valence-corrected chi connectivity index (χ4v) is 1.50. The molecule has 0 aliphatic carbocycles. The van der Waals surface area contributed by atoms with Gasteiger partial charge < -0.3 is 10.4 Å². The lowest BCUT2D eigenvalue weighted by Crippen LogP contribution is -2.40. The van der Waals surface area contributed by atoms with E-state index in [0.717, 1.165) is 18.2 Å². The normalized spacial score (nSPS) is 12.8. The molecule has 0 aromatic heterocycles. The maximum atomic E-state index is 12.7. The Kier molecular flexibility index (Phi) is 4.52. The molecule has 0 aliphatic heterocycles. The summed E-state index contributed by atoms with van der Waals surface area (Å²) >= 11 is 0. The van der Waals surface area contributed by atoms with Gasteiger partial charge in [0, 0.05) is 0 Å². The number of alkyl halides is 3. The number of carbonyl (C=O) groups excluding carboxylic acids is 1. The largest absolute Gasteiger partial charge is 0.480 e. The van der Waals surface area contributed by atoms with Crippen molar-refractivity contribution in [1.82, 2.24) is 5.32 Å². The lowest BCUT2D eigenvalue weighted by molar-refractivity contribution is -0.139. The van der Waals surface area contributed by atoms with Crippen LogP contribution in [0.15, 0.2) is 24.3 Å². The SMILES string of the molecule is CCC(NC(=O)c1ccccc1C(F)(F)F)C(=O)O. The molecule has 0 radical (unpaired) electrons. The molecule has 1 rings (SSSR count). The molecule has 1 aromatic rings. The van der Waals surface area contributed by atoms with Crippen molar-refractivity contribution in [3.8, 4) is 0 Å². The second kappa shape index (κ2) is 5.73. The number of carboxylic acids is 1. The van der Waals surface area contributed by atoms with Crippen LogP contribution < -0.4 is 5.32 Å². The summed E-state index contributed by atoms with van der Waals surface area (Å²) in [5.74, 6) is -2.34. The predicted molar refractivity (Wildman–Crippen MR) is 60.6 cm³/mol. The molecule has 1 atom stereocenters. The number of halogens is 3. The highest BCUT2D eigenvalue weighted by Crippen LogP contribution is 2.31. The first-order valence-electron chi connectivity index (χ1n) is 5.47. The topological polar surface area (TPSA) is 66.4 Å². The van der Waals surface area contributed by atoms with Gasteiger partial charge in [-0.15, -0.1) is 0 Å². The first-order chi connectivity index (χ1) is 8.77. The Morgan fingerprint density at radius 1 is 1.32 bits per heavy atom. The smallest absolute Gasteiger partial charge is 0.417 e. The fourth-order valence-electron chi connectivity index (χ4n) is 1.50. The minimum absolute atomic E-state index is 0.0786. The Bertz CT molecular complexity index is 485. The van der Waals surface area contributed by atoms with Crippen LogP contribution in [0.25, 0.3) is 0 Å². The number of amides is 1. The third-order valence-electron chi connectivity index (χ3n) is 2.49. The van der Waals surface area contributed by atoms with E-state index in [-0.39, 0.29) is 6.42 Å². The van der Waals surface area contributed by atoms with Crippen LogP contribution in [-0.4, -0.2) is 23.0 Å². The first kappa shape index (κ1) is 15.0. The van der Waals surface area contributed by atoms with Crippen molar-refractivity contribution < 1.29 is 27.9 Å². The lowest BCUT2D eigenvalue weighted by atomic mass is 10.1. The van der Waals surface area contributed by atoms with Gasteiger partial charge in [0.25, 0.3) is 5.91 Å². The number of carbonyl (C=O) groups is 2. The van der Waals surface area contributed by atoms with Crippen LogP contribution in [0.3, 0.4) is 0 Å². The molecule has 1 aromatic carbocycles. The molecule has 19 heavy (non-hydrogen) atoms. The number of hydrogen-bond acceptors (Lipinski definition) is 2. The van der Waals surface area contributed by atoms with E-state index in [1.165, 1.54) is 13.0 Å². The minimum Gasteiger partial charge on any atom is -0.480 e. The van der Waals surface area contributed by atoms with E-state index in [1.54, 1.807) is 0 Å². The highest BCUT2D eigenvalue weighted by atomic mass is 19.4. The molecular formula is C12H12F3NO3. The summed E-state index contributed by atoms with van der Waals surface area (Å²) in [5.41, 5.74) is -1.68. The molecule has 4 nitrogen and oxygen atoms in total. The third-order valence-corrected chi connectivity index (χ3v) is 2.49. The van der Waals surface area contributed by atoms with Crippen molar-refractivity contribution in [3.63, 3.8) is 0 Å². The van der Waals surface area contributed by atoms with Gasteiger partial charge in [-0.05, 0) is 18.6 Å². The quantitative estimate of drug-likeness (QED) is 0.886. The minimum atomic E-state index is -4.67. The number of carboxylic acid groups (broad SMARTS) is 1. The Hall–Kier alpha value is -2.05. The van der Waals surface area contributed by atoms with E-state index in [9.17, 15) is 22.8 Å². The molecule has 0 saturated heterocycles. The highest BCUT2D eigenvalue weighted by molar-refractivity contribution is 5.98. The zero-order valence-electron chi connectivity index (χ0n) is 9.99. The zero-order valence-corrected chi connectivity index (χ0v) is 9.99. The van der Waals surface area contributed by atoms with E-state index in [1.807, 2.05) is 0 Å². The van der Waals surface area contributed by atoms with Gasteiger partial charge in [-0.1, -0.05) is 19.1 Å². The molecule has 0 bridgehead atoms. The van der Waals surface area contributed by atoms with E-state index in [2.05, 4.69) is 5.32 Å². The summed E-state index contributed by atoms with van der Waals surface area (Å²) in [5, 5.41) is 10.8. The average molecular weight is 275 g/mol. The van der Waals surface area contributed by atoms with Crippen LogP contribution >= 0.6 is 0 Å². The van der Waals surface area contributed by atoms with E-state index < -0.39 is 35.2 Å². The van der Waals surface area contributed by atoms with Gasteiger partial charge in [0.15, 0.2) is 0 Å². The van der Waals surface area contributed by atoms with E-state index in [4.69, 9.17) is 5.11 Å². The number of benzene rings is 1. The highest BCUT2D eigenvalue weighted by Gasteiger charge is 2.35. The van der Waals surface area contributed by atoms with Crippen LogP contribution in [0.4, 0.5) is 13.2 Å². The predicted octanol–water partition coefficient (Wildman–Crippen LogP) is 2.30. The van der Waals surface area contributed by atoms with Crippen molar-refractivity contribution in [2.24, 2.45) is 0 Å². The van der Waals surface area contributed by atoms with Crippen molar-refractivity contribution in [2.45, 2.75) is 25.6 Å². The average Bonchev–Trinajstić information content (AvgIpc) is 2.34. The number of aliphatic carboxylic acids is 1.